The number of thiazole rings is 1. The van der Waals surface area contributed by atoms with Crippen LogP contribution in [0.15, 0.2) is 5.38 Å². The van der Waals surface area contributed by atoms with Gasteiger partial charge in [0, 0.05) is 37.1 Å². The first kappa shape index (κ1) is 13.3. The summed E-state index contributed by atoms with van der Waals surface area (Å²) in [6.07, 6.45) is 2.74. The summed E-state index contributed by atoms with van der Waals surface area (Å²) in [5.74, 6) is 0. The summed E-state index contributed by atoms with van der Waals surface area (Å²) in [6, 6.07) is 1.13. The van der Waals surface area contributed by atoms with Crippen LogP contribution in [0.2, 0.25) is 0 Å². The zero-order valence-electron chi connectivity index (χ0n) is 11.9. The van der Waals surface area contributed by atoms with E-state index in [1.165, 1.54) is 43.3 Å². The second-order valence-corrected chi connectivity index (χ2v) is 6.45. The molecule has 2 unspecified atom stereocenters. The van der Waals surface area contributed by atoms with Gasteiger partial charge < -0.3 is 10.2 Å². The van der Waals surface area contributed by atoms with Crippen LogP contribution >= 0.6 is 11.3 Å². The lowest BCUT2D eigenvalue weighted by Gasteiger charge is -2.37. The van der Waals surface area contributed by atoms with Crippen LogP contribution in [0.25, 0.3) is 0 Å². The summed E-state index contributed by atoms with van der Waals surface area (Å²) in [6.45, 7) is 10.2. The summed E-state index contributed by atoms with van der Waals surface area (Å²) < 4.78 is 0. The maximum atomic E-state index is 4.83. The van der Waals surface area contributed by atoms with Crippen LogP contribution in [0.5, 0.6) is 0 Å². The first-order chi connectivity index (χ1) is 9.28. The molecule has 106 valence electrons. The Morgan fingerprint density at radius 2 is 2.37 bits per heavy atom. The van der Waals surface area contributed by atoms with Crippen molar-refractivity contribution in [3.63, 3.8) is 0 Å². The molecular weight excluding hydrogens is 256 g/mol. The Kier molecular flexibility index (Phi) is 4.05. The number of hydrogen-bond donors (Lipinski definition) is 1. The number of hydrogen-bond acceptors (Lipinski definition) is 5. The molecule has 1 aromatic heterocycles. The highest BCUT2D eigenvalue weighted by molar-refractivity contribution is 7.13. The summed E-state index contributed by atoms with van der Waals surface area (Å²) in [4.78, 5) is 9.96. The maximum absolute atomic E-state index is 4.83. The van der Waals surface area contributed by atoms with Crippen LogP contribution in [0.4, 0.5) is 5.13 Å². The van der Waals surface area contributed by atoms with Gasteiger partial charge in [-0.15, -0.1) is 11.3 Å². The largest absolute Gasteiger partial charge is 0.345 e. The van der Waals surface area contributed by atoms with Crippen LogP contribution in [0, 0.1) is 0 Å². The quantitative estimate of drug-likeness (QED) is 0.915. The highest BCUT2D eigenvalue weighted by atomic mass is 32.1. The Labute approximate surface area is 119 Å². The summed E-state index contributed by atoms with van der Waals surface area (Å²) in [5.41, 5.74) is 1.19. The molecule has 2 saturated heterocycles. The van der Waals surface area contributed by atoms with E-state index in [-0.39, 0.29) is 0 Å². The first-order valence-electron chi connectivity index (χ1n) is 7.45. The van der Waals surface area contributed by atoms with E-state index in [0.717, 1.165) is 19.1 Å². The van der Waals surface area contributed by atoms with Crippen LogP contribution in [0.3, 0.4) is 0 Å². The van der Waals surface area contributed by atoms with Gasteiger partial charge in [-0.1, -0.05) is 6.92 Å². The number of nitrogens with one attached hydrogen (secondary N) is 1. The average molecular weight is 280 g/mol. The van der Waals surface area contributed by atoms with Crippen LogP contribution in [-0.4, -0.2) is 48.6 Å². The number of fused-ring (bicyclic) bond motifs is 1. The minimum absolute atomic E-state index is 0.364. The number of aromatic nitrogens is 1. The number of rotatable bonds is 4. The standard InChI is InChI=1S/C14H24N4S/c1-3-15-11(2)13-10-19-14(16-13)18-8-7-17-6-4-5-12(17)9-18/h10-12,15H,3-9H2,1-2H3. The topological polar surface area (TPSA) is 31.4 Å². The van der Waals surface area contributed by atoms with E-state index in [2.05, 4.69) is 34.3 Å². The maximum Gasteiger partial charge on any atom is 0.185 e. The number of piperazine rings is 1. The lowest BCUT2D eigenvalue weighted by atomic mass is 10.2. The molecule has 0 amide bonds. The van der Waals surface area contributed by atoms with E-state index in [1.54, 1.807) is 11.3 Å². The Balaban J connectivity index is 1.66. The van der Waals surface area contributed by atoms with Gasteiger partial charge in [0.1, 0.15) is 0 Å². The molecule has 0 aromatic carbocycles. The zero-order valence-corrected chi connectivity index (χ0v) is 12.7. The molecule has 1 aromatic rings. The molecule has 2 atom stereocenters. The normalized spacial score (nSPS) is 25.6. The van der Waals surface area contributed by atoms with Gasteiger partial charge in [-0.3, -0.25) is 4.90 Å². The molecule has 0 bridgehead atoms. The smallest absolute Gasteiger partial charge is 0.185 e. The molecule has 4 nitrogen and oxygen atoms in total. The van der Waals surface area contributed by atoms with Crippen LogP contribution < -0.4 is 10.2 Å². The molecule has 5 heteroatoms. The fourth-order valence-electron chi connectivity index (χ4n) is 3.20. The predicted molar refractivity (Wildman–Crippen MR) is 81.0 cm³/mol. The highest BCUT2D eigenvalue weighted by Gasteiger charge is 2.31. The molecule has 19 heavy (non-hydrogen) atoms. The molecule has 0 spiro atoms. The van der Waals surface area contributed by atoms with E-state index in [0.29, 0.717) is 6.04 Å². The molecule has 2 aliphatic rings. The second-order valence-electron chi connectivity index (χ2n) is 5.61. The van der Waals surface area contributed by atoms with E-state index in [9.17, 15) is 0 Å². The van der Waals surface area contributed by atoms with Crippen molar-refractivity contribution in [3.05, 3.63) is 11.1 Å². The third-order valence-corrected chi connectivity index (χ3v) is 5.24. The fraction of sp³-hybridized carbons (Fsp3) is 0.786. The Bertz CT molecular complexity index is 419. The van der Waals surface area contributed by atoms with Crippen molar-refractivity contribution in [2.24, 2.45) is 0 Å². The molecule has 1 N–H and O–H groups in total. The minimum Gasteiger partial charge on any atom is -0.345 e. The Morgan fingerprint density at radius 1 is 1.47 bits per heavy atom. The molecular formula is C14H24N4S. The highest BCUT2D eigenvalue weighted by Crippen LogP contribution is 2.29. The van der Waals surface area contributed by atoms with Crippen molar-refractivity contribution in [1.82, 2.24) is 15.2 Å². The van der Waals surface area contributed by atoms with Gasteiger partial charge in [-0.25, -0.2) is 4.98 Å². The monoisotopic (exact) mass is 280 g/mol. The lowest BCUT2D eigenvalue weighted by molar-refractivity contribution is 0.231. The van der Waals surface area contributed by atoms with Crippen molar-refractivity contribution in [1.29, 1.82) is 0 Å². The minimum atomic E-state index is 0.364. The molecule has 2 aliphatic heterocycles. The second kappa shape index (κ2) is 5.77. The fourth-order valence-corrected chi connectivity index (χ4v) is 4.15. The van der Waals surface area contributed by atoms with Gasteiger partial charge in [0.25, 0.3) is 0 Å². The van der Waals surface area contributed by atoms with Crippen molar-refractivity contribution in [2.75, 3.05) is 37.6 Å². The van der Waals surface area contributed by atoms with Gasteiger partial charge >= 0.3 is 0 Å². The van der Waals surface area contributed by atoms with Gasteiger partial charge in [0.05, 0.1) is 5.69 Å². The van der Waals surface area contributed by atoms with E-state index in [4.69, 9.17) is 4.98 Å². The predicted octanol–water partition coefficient (Wildman–Crippen LogP) is 2.10. The van der Waals surface area contributed by atoms with Gasteiger partial charge in [-0.2, -0.15) is 0 Å². The average Bonchev–Trinajstić information content (AvgIpc) is 3.07. The van der Waals surface area contributed by atoms with E-state index < -0.39 is 0 Å². The van der Waals surface area contributed by atoms with E-state index >= 15 is 0 Å². The van der Waals surface area contributed by atoms with Crippen molar-refractivity contribution < 1.29 is 0 Å². The summed E-state index contributed by atoms with van der Waals surface area (Å²) >= 11 is 1.80. The Hall–Kier alpha value is -0.650. The zero-order chi connectivity index (χ0) is 13.2. The van der Waals surface area contributed by atoms with Gasteiger partial charge in [0.15, 0.2) is 5.13 Å². The third-order valence-electron chi connectivity index (χ3n) is 4.32. The number of anilines is 1. The summed E-state index contributed by atoms with van der Waals surface area (Å²) in [5, 5.41) is 6.86. The van der Waals surface area contributed by atoms with Crippen molar-refractivity contribution >= 4 is 16.5 Å². The molecule has 0 radical (unpaired) electrons. The van der Waals surface area contributed by atoms with Gasteiger partial charge in [0.2, 0.25) is 0 Å². The molecule has 3 rings (SSSR count). The lowest BCUT2D eigenvalue weighted by Crippen LogP contribution is -2.50. The van der Waals surface area contributed by atoms with Crippen LogP contribution in [0.1, 0.15) is 38.4 Å². The molecule has 0 aliphatic carbocycles. The van der Waals surface area contributed by atoms with Gasteiger partial charge in [-0.05, 0) is 32.9 Å². The summed E-state index contributed by atoms with van der Waals surface area (Å²) in [7, 11) is 0. The van der Waals surface area contributed by atoms with Crippen LogP contribution in [-0.2, 0) is 0 Å². The third kappa shape index (κ3) is 2.78. The molecule has 2 fully saturated rings. The van der Waals surface area contributed by atoms with Crippen molar-refractivity contribution in [3.8, 4) is 0 Å². The Morgan fingerprint density at radius 3 is 3.21 bits per heavy atom. The SMILES string of the molecule is CCNC(C)c1csc(N2CCN3CCCC3C2)n1. The molecule has 3 heterocycles. The molecule has 0 saturated carbocycles. The van der Waals surface area contributed by atoms with Crippen molar-refractivity contribution in [2.45, 2.75) is 38.8 Å². The first-order valence-corrected chi connectivity index (χ1v) is 8.33. The van der Waals surface area contributed by atoms with E-state index in [1.807, 2.05) is 0 Å². The number of nitrogens with zero attached hydrogens (tertiary/aromatic N) is 3.